The van der Waals surface area contributed by atoms with Crippen molar-refractivity contribution < 1.29 is 18.0 Å². The number of carbonyl (C=O) groups is 1. The van der Waals surface area contributed by atoms with Gasteiger partial charge in [-0.25, -0.2) is 9.97 Å². The number of nitrogens with one attached hydrogen (secondary N) is 1. The molecule has 1 aromatic heterocycles. The number of amides is 1. The minimum Gasteiger partial charge on any atom is -0.324 e. The number of thioether (sulfide) groups is 1. The number of hydrogen-bond donors (Lipinski definition) is 1. The lowest BCUT2D eigenvalue weighted by molar-refractivity contribution is -0.137. The van der Waals surface area contributed by atoms with Gasteiger partial charge in [-0.05, 0) is 49.9 Å². The Morgan fingerprint density at radius 2 is 2.08 bits per heavy atom. The van der Waals surface area contributed by atoms with Crippen LogP contribution in [0.2, 0.25) is 5.02 Å². The van der Waals surface area contributed by atoms with E-state index in [1.807, 2.05) is 6.92 Å². The zero-order chi connectivity index (χ0) is 18.9. The van der Waals surface area contributed by atoms with Gasteiger partial charge in [-0.1, -0.05) is 23.4 Å². The Morgan fingerprint density at radius 3 is 2.81 bits per heavy atom. The molecule has 26 heavy (non-hydrogen) atoms. The zero-order valence-electron chi connectivity index (χ0n) is 13.8. The van der Waals surface area contributed by atoms with Gasteiger partial charge in [0.2, 0.25) is 5.91 Å². The lowest BCUT2D eigenvalue weighted by Crippen LogP contribution is -2.16. The Balaban J connectivity index is 1.66. The average molecular weight is 402 g/mol. The molecule has 9 heteroatoms. The summed E-state index contributed by atoms with van der Waals surface area (Å²) in [5.41, 5.74) is 2.16. The first-order valence-electron chi connectivity index (χ1n) is 7.90. The topological polar surface area (TPSA) is 54.9 Å². The quantitative estimate of drug-likeness (QED) is 0.597. The van der Waals surface area contributed by atoms with E-state index < -0.39 is 17.6 Å². The van der Waals surface area contributed by atoms with Crippen LogP contribution in [0.1, 0.15) is 28.9 Å². The van der Waals surface area contributed by atoms with E-state index >= 15 is 0 Å². The third kappa shape index (κ3) is 4.29. The number of nitrogens with zero attached hydrogens (tertiary/aromatic N) is 2. The van der Waals surface area contributed by atoms with Gasteiger partial charge >= 0.3 is 6.18 Å². The molecule has 0 radical (unpaired) electrons. The third-order valence-electron chi connectivity index (χ3n) is 4.02. The van der Waals surface area contributed by atoms with Crippen molar-refractivity contribution >= 4 is 35.0 Å². The fourth-order valence-corrected chi connectivity index (χ4v) is 3.64. The number of halogens is 4. The lowest BCUT2D eigenvalue weighted by atomic mass is 10.2. The van der Waals surface area contributed by atoms with Crippen LogP contribution in [0.25, 0.3) is 0 Å². The van der Waals surface area contributed by atoms with E-state index in [1.54, 1.807) is 0 Å². The number of aryl methyl sites for hydroxylation is 2. The zero-order valence-corrected chi connectivity index (χ0v) is 15.4. The predicted octanol–water partition coefficient (Wildman–Crippen LogP) is 4.68. The molecule has 0 unspecified atom stereocenters. The van der Waals surface area contributed by atoms with E-state index in [4.69, 9.17) is 11.6 Å². The third-order valence-corrected chi connectivity index (χ3v) is 5.20. The van der Waals surface area contributed by atoms with E-state index in [0.717, 1.165) is 60.6 Å². The number of fused-ring (bicyclic) bond motifs is 1. The van der Waals surface area contributed by atoms with Crippen LogP contribution >= 0.6 is 23.4 Å². The highest BCUT2D eigenvalue weighted by Crippen LogP contribution is 2.34. The van der Waals surface area contributed by atoms with Crippen LogP contribution in [0, 0.1) is 6.92 Å². The number of alkyl halides is 3. The summed E-state index contributed by atoms with van der Waals surface area (Å²) < 4.78 is 38.3. The van der Waals surface area contributed by atoms with Crippen LogP contribution in [0.15, 0.2) is 23.4 Å². The summed E-state index contributed by atoms with van der Waals surface area (Å²) in [7, 11) is 0. The van der Waals surface area contributed by atoms with Gasteiger partial charge in [-0.15, -0.1) is 0 Å². The van der Waals surface area contributed by atoms with Crippen molar-refractivity contribution in [2.45, 2.75) is 37.5 Å². The van der Waals surface area contributed by atoms with Crippen molar-refractivity contribution in [1.29, 1.82) is 0 Å². The second-order valence-electron chi connectivity index (χ2n) is 5.90. The molecule has 4 nitrogen and oxygen atoms in total. The Morgan fingerprint density at radius 1 is 1.31 bits per heavy atom. The molecule has 1 aromatic carbocycles. The van der Waals surface area contributed by atoms with Crippen LogP contribution in [-0.2, 0) is 23.8 Å². The number of aromatic nitrogens is 2. The van der Waals surface area contributed by atoms with Crippen molar-refractivity contribution in [2.24, 2.45) is 0 Å². The predicted molar refractivity (Wildman–Crippen MR) is 94.6 cm³/mol. The summed E-state index contributed by atoms with van der Waals surface area (Å²) in [5.74, 6) is -0.497. The van der Waals surface area contributed by atoms with Crippen LogP contribution < -0.4 is 5.32 Å². The smallest absolute Gasteiger partial charge is 0.324 e. The molecule has 0 fully saturated rings. The average Bonchev–Trinajstić information content (AvgIpc) is 3.03. The fraction of sp³-hybridized carbons (Fsp3) is 0.353. The summed E-state index contributed by atoms with van der Waals surface area (Å²) in [4.78, 5) is 20.9. The number of anilines is 1. The molecule has 0 atom stereocenters. The molecule has 2 aromatic rings. The molecule has 0 bridgehead atoms. The highest BCUT2D eigenvalue weighted by Gasteiger charge is 2.31. The molecule has 1 heterocycles. The Kier molecular flexibility index (Phi) is 5.43. The number of benzene rings is 1. The first-order valence-corrected chi connectivity index (χ1v) is 9.26. The second-order valence-corrected chi connectivity index (χ2v) is 7.25. The van der Waals surface area contributed by atoms with Gasteiger partial charge < -0.3 is 5.32 Å². The van der Waals surface area contributed by atoms with E-state index in [0.29, 0.717) is 5.16 Å². The minimum absolute atomic E-state index is 0.0230. The van der Waals surface area contributed by atoms with Crippen molar-refractivity contribution in [3.05, 3.63) is 45.7 Å². The maximum atomic E-state index is 12.8. The highest BCUT2D eigenvalue weighted by molar-refractivity contribution is 7.99. The van der Waals surface area contributed by atoms with Crippen LogP contribution in [0.3, 0.4) is 0 Å². The van der Waals surface area contributed by atoms with Crippen LogP contribution in [0.4, 0.5) is 18.9 Å². The molecule has 1 N–H and O–H groups in total. The van der Waals surface area contributed by atoms with Crippen molar-refractivity contribution in [3.8, 4) is 0 Å². The van der Waals surface area contributed by atoms with Gasteiger partial charge in [0.25, 0.3) is 0 Å². The van der Waals surface area contributed by atoms with Gasteiger partial charge in [0.05, 0.1) is 22.0 Å². The second kappa shape index (κ2) is 7.44. The molecule has 1 aliphatic carbocycles. The SMILES string of the molecule is Cc1nc(SCC(=O)Nc2cc(C(F)(F)F)ccc2Cl)nc2c1CCC2. The lowest BCUT2D eigenvalue weighted by Gasteiger charge is -2.11. The van der Waals surface area contributed by atoms with Gasteiger partial charge in [0.15, 0.2) is 5.16 Å². The molecular weight excluding hydrogens is 387 g/mol. The van der Waals surface area contributed by atoms with Gasteiger partial charge in [-0.2, -0.15) is 13.2 Å². The largest absolute Gasteiger partial charge is 0.416 e. The fourth-order valence-electron chi connectivity index (χ4n) is 2.77. The monoisotopic (exact) mass is 401 g/mol. The molecule has 0 saturated heterocycles. The molecule has 3 rings (SSSR count). The number of rotatable bonds is 4. The molecule has 0 aliphatic heterocycles. The first kappa shape index (κ1) is 19.0. The summed E-state index contributed by atoms with van der Waals surface area (Å²) >= 11 is 7.02. The highest BCUT2D eigenvalue weighted by atomic mass is 35.5. The minimum atomic E-state index is -4.51. The summed E-state index contributed by atoms with van der Waals surface area (Å²) in [6.07, 6.45) is -1.58. The Hall–Kier alpha value is -1.80. The number of hydrogen-bond acceptors (Lipinski definition) is 4. The van der Waals surface area contributed by atoms with Crippen molar-refractivity contribution in [2.75, 3.05) is 11.1 Å². The summed E-state index contributed by atoms with van der Waals surface area (Å²) in [6.45, 7) is 1.92. The van der Waals surface area contributed by atoms with E-state index in [2.05, 4.69) is 15.3 Å². The standard InChI is InChI=1S/C17H15ClF3N3OS/c1-9-11-3-2-4-13(11)24-16(22-9)26-8-15(25)23-14-7-10(17(19,20)21)5-6-12(14)18/h5-7H,2-4,8H2,1H3,(H,23,25). The summed E-state index contributed by atoms with van der Waals surface area (Å²) in [5, 5.41) is 2.95. The Bertz CT molecular complexity index is 858. The van der Waals surface area contributed by atoms with Gasteiger partial charge in [-0.3, -0.25) is 4.79 Å². The molecule has 138 valence electrons. The summed E-state index contributed by atoms with van der Waals surface area (Å²) in [6, 6.07) is 2.80. The normalized spacial score (nSPS) is 13.6. The first-order chi connectivity index (χ1) is 12.2. The van der Waals surface area contributed by atoms with E-state index in [-0.39, 0.29) is 16.5 Å². The van der Waals surface area contributed by atoms with E-state index in [1.165, 1.54) is 5.56 Å². The molecule has 1 amide bonds. The molecule has 0 spiro atoms. The van der Waals surface area contributed by atoms with Crippen molar-refractivity contribution in [1.82, 2.24) is 9.97 Å². The van der Waals surface area contributed by atoms with Gasteiger partial charge in [0, 0.05) is 11.4 Å². The van der Waals surface area contributed by atoms with Crippen LogP contribution in [-0.4, -0.2) is 21.6 Å². The van der Waals surface area contributed by atoms with Crippen LogP contribution in [0.5, 0.6) is 0 Å². The molecule has 1 aliphatic rings. The maximum absolute atomic E-state index is 12.8. The Labute approximate surface area is 157 Å². The van der Waals surface area contributed by atoms with Gasteiger partial charge in [0.1, 0.15) is 0 Å². The number of carbonyl (C=O) groups excluding carboxylic acids is 1. The molecular formula is C17H15ClF3N3OS. The maximum Gasteiger partial charge on any atom is 0.416 e. The van der Waals surface area contributed by atoms with Crippen molar-refractivity contribution in [3.63, 3.8) is 0 Å². The van der Waals surface area contributed by atoms with E-state index in [9.17, 15) is 18.0 Å². The molecule has 0 saturated carbocycles.